The molecule has 3 rings (SSSR count). The first kappa shape index (κ1) is 16.5. The van der Waals surface area contributed by atoms with Gasteiger partial charge in [0.25, 0.3) is 0 Å². The fourth-order valence-corrected chi connectivity index (χ4v) is 3.15. The number of hydrogen-bond acceptors (Lipinski definition) is 5. The molecule has 1 aromatic heterocycles. The third-order valence-electron chi connectivity index (χ3n) is 4.37. The Morgan fingerprint density at radius 3 is 3.08 bits per heavy atom. The maximum atomic E-state index is 11.4. The summed E-state index contributed by atoms with van der Waals surface area (Å²) in [6.45, 7) is 2.68. The number of nitrogens with zero attached hydrogens (tertiary/aromatic N) is 3. The predicted octanol–water partition coefficient (Wildman–Crippen LogP) is 2.03. The van der Waals surface area contributed by atoms with E-state index in [4.69, 9.17) is 15.5 Å². The van der Waals surface area contributed by atoms with Crippen molar-refractivity contribution in [3.05, 3.63) is 47.8 Å². The van der Waals surface area contributed by atoms with Gasteiger partial charge >= 0.3 is 0 Å². The molecular weight excluding hydrogens is 304 g/mol. The number of likely N-dealkylation sites (tertiary alicyclic amines) is 1. The first-order valence-corrected chi connectivity index (χ1v) is 8.15. The Kier molecular flexibility index (Phi) is 5.17. The molecule has 0 saturated carbocycles. The van der Waals surface area contributed by atoms with Crippen molar-refractivity contribution in [3.8, 4) is 11.4 Å². The number of amides is 1. The maximum absolute atomic E-state index is 11.4. The minimum absolute atomic E-state index is 0.293. The number of methoxy groups -OCH3 is 1. The lowest BCUT2D eigenvalue weighted by molar-refractivity contribution is 0.100. The second-order valence-corrected chi connectivity index (χ2v) is 5.94. The van der Waals surface area contributed by atoms with Gasteiger partial charge < -0.3 is 10.5 Å². The highest BCUT2D eigenvalue weighted by molar-refractivity contribution is 5.93. The van der Waals surface area contributed by atoms with Gasteiger partial charge in [-0.05, 0) is 37.6 Å². The molecule has 1 atom stereocenters. The Labute approximate surface area is 141 Å². The molecule has 1 saturated heterocycles. The minimum Gasteiger partial charge on any atom is -0.383 e. The molecule has 0 bridgehead atoms. The fraction of sp³-hybridized carbons (Fsp3) is 0.389. The second kappa shape index (κ2) is 7.51. The van der Waals surface area contributed by atoms with Crippen LogP contribution >= 0.6 is 0 Å². The van der Waals surface area contributed by atoms with Crippen molar-refractivity contribution in [2.75, 3.05) is 26.8 Å². The molecule has 0 spiro atoms. The van der Waals surface area contributed by atoms with E-state index in [0.717, 1.165) is 43.8 Å². The van der Waals surface area contributed by atoms with E-state index in [1.807, 2.05) is 12.1 Å². The molecule has 2 aromatic rings. The summed E-state index contributed by atoms with van der Waals surface area (Å²) in [5.74, 6) is 0.170. The van der Waals surface area contributed by atoms with Gasteiger partial charge in [-0.25, -0.2) is 9.97 Å². The smallest absolute Gasteiger partial charge is 0.248 e. The summed E-state index contributed by atoms with van der Waals surface area (Å²) >= 11 is 0. The van der Waals surface area contributed by atoms with Gasteiger partial charge in [0.2, 0.25) is 5.91 Å². The van der Waals surface area contributed by atoms with E-state index in [9.17, 15) is 4.79 Å². The van der Waals surface area contributed by atoms with Gasteiger partial charge in [0.15, 0.2) is 5.82 Å². The van der Waals surface area contributed by atoms with Gasteiger partial charge in [-0.2, -0.15) is 0 Å². The second-order valence-electron chi connectivity index (χ2n) is 5.94. The van der Waals surface area contributed by atoms with E-state index in [-0.39, 0.29) is 0 Å². The molecule has 1 amide bonds. The molecular formula is C18H22N4O2. The lowest BCUT2D eigenvalue weighted by atomic mass is 10.1. The number of aromatic nitrogens is 2. The van der Waals surface area contributed by atoms with Crippen molar-refractivity contribution in [2.24, 2.45) is 5.73 Å². The average Bonchev–Trinajstić information content (AvgIpc) is 3.08. The molecule has 1 aromatic carbocycles. The Morgan fingerprint density at radius 1 is 1.42 bits per heavy atom. The highest BCUT2D eigenvalue weighted by Gasteiger charge is 2.27. The van der Waals surface area contributed by atoms with Crippen molar-refractivity contribution in [1.82, 2.24) is 14.9 Å². The maximum Gasteiger partial charge on any atom is 0.248 e. The van der Waals surface area contributed by atoms with E-state index >= 15 is 0 Å². The first-order valence-electron chi connectivity index (χ1n) is 8.15. The molecule has 24 heavy (non-hydrogen) atoms. The van der Waals surface area contributed by atoms with Crippen LogP contribution in [0.5, 0.6) is 0 Å². The third-order valence-corrected chi connectivity index (χ3v) is 4.37. The highest BCUT2D eigenvalue weighted by Crippen LogP contribution is 2.31. The Balaban J connectivity index is 1.86. The molecule has 2 heterocycles. The van der Waals surface area contributed by atoms with Crippen LogP contribution in [0.3, 0.4) is 0 Å². The number of nitrogens with two attached hydrogens (primary N) is 1. The van der Waals surface area contributed by atoms with Crippen molar-refractivity contribution < 1.29 is 9.53 Å². The van der Waals surface area contributed by atoms with E-state index in [1.54, 1.807) is 31.5 Å². The van der Waals surface area contributed by atoms with Crippen LogP contribution in [-0.4, -0.2) is 47.6 Å². The van der Waals surface area contributed by atoms with Gasteiger partial charge in [0.1, 0.15) is 0 Å². The topological polar surface area (TPSA) is 81.3 Å². The SMILES string of the molecule is COCCN1CCCC1c1ccnc(-c2cccc(C(N)=O)c2)n1. The molecule has 6 heteroatoms. The summed E-state index contributed by atoms with van der Waals surface area (Å²) in [6.07, 6.45) is 4.02. The van der Waals surface area contributed by atoms with Crippen molar-refractivity contribution in [3.63, 3.8) is 0 Å². The van der Waals surface area contributed by atoms with Crippen LogP contribution in [0, 0.1) is 0 Å². The molecule has 1 aliphatic rings. The highest BCUT2D eigenvalue weighted by atomic mass is 16.5. The monoisotopic (exact) mass is 326 g/mol. The summed E-state index contributed by atoms with van der Waals surface area (Å²) in [5, 5.41) is 0. The molecule has 1 aliphatic heterocycles. The predicted molar refractivity (Wildman–Crippen MR) is 91.4 cm³/mol. The molecule has 0 radical (unpaired) electrons. The quantitative estimate of drug-likeness (QED) is 0.878. The van der Waals surface area contributed by atoms with Crippen LogP contribution in [0.4, 0.5) is 0 Å². The summed E-state index contributed by atoms with van der Waals surface area (Å²) in [4.78, 5) is 22.9. The molecule has 1 fully saturated rings. The van der Waals surface area contributed by atoms with Gasteiger partial charge in [-0.15, -0.1) is 0 Å². The summed E-state index contributed by atoms with van der Waals surface area (Å²) < 4.78 is 5.20. The lowest BCUT2D eigenvalue weighted by Gasteiger charge is -2.23. The number of ether oxygens (including phenoxy) is 1. The zero-order chi connectivity index (χ0) is 16.9. The molecule has 1 unspecified atom stereocenters. The largest absolute Gasteiger partial charge is 0.383 e. The van der Waals surface area contributed by atoms with Gasteiger partial charge in [0, 0.05) is 31.0 Å². The number of rotatable bonds is 6. The number of benzene rings is 1. The first-order chi connectivity index (χ1) is 11.7. The van der Waals surface area contributed by atoms with Crippen LogP contribution in [0.25, 0.3) is 11.4 Å². The Bertz CT molecular complexity index is 720. The number of hydrogen-bond donors (Lipinski definition) is 1. The minimum atomic E-state index is -0.450. The van der Waals surface area contributed by atoms with E-state index in [0.29, 0.717) is 17.4 Å². The number of primary amides is 1. The van der Waals surface area contributed by atoms with Crippen molar-refractivity contribution >= 4 is 5.91 Å². The van der Waals surface area contributed by atoms with Crippen LogP contribution in [0.2, 0.25) is 0 Å². The molecule has 0 aliphatic carbocycles. The number of carbonyl (C=O) groups excluding carboxylic acids is 1. The fourth-order valence-electron chi connectivity index (χ4n) is 3.15. The van der Waals surface area contributed by atoms with Gasteiger partial charge in [0.05, 0.1) is 18.3 Å². The van der Waals surface area contributed by atoms with E-state index < -0.39 is 5.91 Å². The van der Waals surface area contributed by atoms with Crippen LogP contribution in [0.1, 0.15) is 34.9 Å². The lowest BCUT2D eigenvalue weighted by Crippen LogP contribution is -2.27. The Morgan fingerprint density at radius 2 is 2.29 bits per heavy atom. The third kappa shape index (κ3) is 3.60. The van der Waals surface area contributed by atoms with Crippen LogP contribution < -0.4 is 5.73 Å². The molecule has 6 nitrogen and oxygen atoms in total. The summed E-state index contributed by atoms with van der Waals surface area (Å²) in [5.41, 5.74) is 7.63. The Hall–Kier alpha value is -2.31. The molecule has 126 valence electrons. The molecule has 2 N–H and O–H groups in total. The van der Waals surface area contributed by atoms with Gasteiger partial charge in [-0.3, -0.25) is 9.69 Å². The van der Waals surface area contributed by atoms with Gasteiger partial charge in [-0.1, -0.05) is 12.1 Å². The summed E-state index contributed by atoms with van der Waals surface area (Å²) in [7, 11) is 1.72. The normalized spacial score (nSPS) is 18.0. The van der Waals surface area contributed by atoms with Crippen molar-refractivity contribution in [2.45, 2.75) is 18.9 Å². The van der Waals surface area contributed by atoms with Crippen LogP contribution in [-0.2, 0) is 4.74 Å². The van der Waals surface area contributed by atoms with E-state index in [2.05, 4.69) is 9.88 Å². The standard InChI is InChI=1S/C18H22N4O2/c1-24-11-10-22-9-3-6-16(22)15-7-8-20-18(21-15)14-5-2-4-13(12-14)17(19)23/h2,4-5,7-8,12,16H,3,6,9-11H2,1H3,(H2,19,23). The summed E-state index contributed by atoms with van der Waals surface area (Å²) in [6, 6.07) is 9.38. The average molecular weight is 326 g/mol. The van der Waals surface area contributed by atoms with E-state index in [1.165, 1.54) is 0 Å². The zero-order valence-electron chi connectivity index (χ0n) is 13.8. The van der Waals surface area contributed by atoms with Crippen LogP contribution in [0.15, 0.2) is 36.5 Å². The van der Waals surface area contributed by atoms with Crippen molar-refractivity contribution in [1.29, 1.82) is 0 Å². The number of carbonyl (C=O) groups is 1. The zero-order valence-corrected chi connectivity index (χ0v) is 13.8.